The van der Waals surface area contributed by atoms with E-state index >= 15 is 0 Å². The maximum atomic E-state index is 13.0. The van der Waals surface area contributed by atoms with Crippen LogP contribution in [0.4, 0.5) is 0 Å². The zero-order chi connectivity index (χ0) is 18.1. The van der Waals surface area contributed by atoms with E-state index in [0.29, 0.717) is 25.9 Å². The third kappa shape index (κ3) is 2.84. The summed E-state index contributed by atoms with van der Waals surface area (Å²) in [6.07, 6.45) is 5.37. The first-order valence-electron chi connectivity index (χ1n) is 9.29. The Hall–Kier alpha value is -2.14. The highest BCUT2D eigenvalue weighted by molar-refractivity contribution is 7.10. The number of benzene rings is 1. The lowest BCUT2D eigenvalue weighted by molar-refractivity contribution is -0.145. The van der Waals surface area contributed by atoms with Crippen LogP contribution in [0.5, 0.6) is 0 Å². The number of thiophene rings is 1. The fraction of sp³-hybridized carbons (Fsp3) is 0.429. The van der Waals surface area contributed by atoms with E-state index in [-0.39, 0.29) is 5.91 Å². The molecule has 0 atom stereocenters. The van der Waals surface area contributed by atoms with Gasteiger partial charge in [-0.3, -0.25) is 9.59 Å². The van der Waals surface area contributed by atoms with Crippen molar-refractivity contribution >= 4 is 23.2 Å². The van der Waals surface area contributed by atoms with Crippen molar-refractivity contribution in [1.29, 1.82) is 0 Å². The predicted molar refractivity (Wildman–Crippen MR) is 102 cm³/mol. The van der Waals surface area contributed by atoms with Crippen LogP contribution >= 0.6 is 11.3 Å². The van der Waals surface area contributed by atoms with Crippen molar-refractivity contribution < 1.29 is 14.7 Å². The minimum atomic E-state index is -0.883. The van der Waals surface area contributed by atoms with Gasteiger partial charge in [0.1, 0.15) is 0 Å². The van der Waals surface area contributed by atoms with Gasteiger partial charge in [-0.05, 0) is 49.7 Å². The number of hydrogen-bond acceptors (Lipinski definition) is 3. The monoisotopic (exact) mass is 369 g/mol. The van der Waals surface area contributed by atoms with Crippen molar-refractivity contribution in [1.82, 2.24) is 4.90 Å². The van der Waals surface area contributed by atoms with Crippen LogP contribution in [0.15, 0.2) is 35.7 Å². The molecule has 0 spiro atoms. The Balaban J connectivity index is 1.53. The second-order valence-corrected chi connectivity index (χ2v) is 8.27. The van der Waals surface area contributed by atoms with Gasteiger partial charge < -0.3 is 10.0 Å². The average molecular weight is 369 g/mol. The van der Waals surface area contributed by atoms with Gasteiger partial charge >= 0.3 is 5.97 Å². The lowest BCUT2D eigenvalue weighted by Crippen LogP contribution is -2.49. The smallest absolute Gasteiger partial charge is 0.314 e. The SMILES string of the molecule is O=C(c1csc2c1CCCC2)N1CCC(C(=O)O)(c2ccccc2)CC1. The Morgan fingerprint density at radius 1 is 1.04 bits per heavy atom. The fourth-order valence-corrected chi connectivity index (χ4v) is 5.44. The van der Waals surface area contributed by atoms with Gasteiger partial charge in [0, 0.05) is 23.3 Å². The van der Waals surface area contributed by atoms with E-state index in [0.717, 1.165) is 30.4 Å². The maximum absolute atomic E-state index is 13.0. The Morgan fingerprint density at radius 3 is 2.42 bits per heavy atom. The van der Waals surface area contributed by atoms with Gasteiger partial charge in [-0.15, -0.1) is 11.3 Å². The Kier molecular flexibility index (Phi) is 4.57. The standard InChI is InChI=1S/C21H23NO3S/c23-19(17-14-26-18-9-5-4-8-16(17)18)22-12-10-21(11-13-22,20(24)25)15-6-2-1-3-7-15/h1-3,6-7,14H,4-5,8-13H2,(H,24,25). The molecule has 26 heavy (non-hydrogen) atoms. The quantitative estimate of drug-likeness (QED) is 0.893. The molecule has 1 aromatic carbocycles. The summed E-state index contributed by atoms with van der Waals surface area (Å²) in [6.45, 7) is 0.981. The van der Waals surface area contributed by atoms with Crippen molar-refractivity contribution in [3.8, 4) is 0 Å². The van der Waals surface area contributed by atoms with Gasteiger partial charge in [-0.25, -0.2) is 0 Å². The molecule has 1 aliphatic carbocycles. The van der Waals surface area contributed by atoms with Crippen LogP contribution in [0.2, 0.25) is 0 Å². The molecular weight excluding hydrogens is 346 g/mol. The Morgan fingerprint density at radius 2 is 1.73 bits per heavy atom. The lowest BCUT2D eigenvalue weighted by Gasteiger charge is -2.39. The average Bonchev–Trinajstić information content (AvgIpc) is 3.12. The third-order valence-corrected chi connectivity index (χ3v) is 7.02. The topological polar surface area (TPSA) is 57.6 Å². The van der Waals surface area contributed by atoms with E-state index in [4.69, 9.17) is 0 Å². The summed E-state index contributed by atoms with van der Waals surface area (Å²) < 4.78 is 0. The molecule has 0 radical (unpaired) electrons. The maximum Gasteiger partial charge on any atom is 0.314 e. The molecular formula is C21H23NO3S. The molecule has 0 unspecified atom stereocenters. The van der Waals surface area contributed by atoms with Crippen LogP contribution < -0.4 is 0 Å². The van der Waals surface area contributed by atoms with Crippen molar-refractivity contribution in [3.63, 3.8) is 0 Å². The van der Waals surface area contributed by atoms with Gasteiger partial charge in [-0.1, -0.05) is 30.3 Å². The number of carbonyl (C=O) groups is 2. The highest BCUT2D eigenvalue weighted by atomic mass is 32.1. The molecule has 1 saturated heterocycles. The highest BCUT2D eigenvalue weighted by Gasteiger charge is 2.44. The fourth-order valence-electron chi connectivity index (χ4n) is 4.32. The molecule has 1 amide bonds. The summed E-state index contributed by atoms with van der Waals surface area (Å²) >= 11 is 1.70. The number of hydrogen-bond donors (Lipinski definition) is 1. The van der Waals surface area contributed by atoms with Crippen molar-refractivity contribution in [2.45, 2.75) is 43.9 Å². The molecule has 0 saturated carbocycles. The van der Waals surface area contributed by atoms with E-state index in [1.165, 1.54) is 16.9 Å². The molecule has 4 nitrogen and oxygen atoms in total. The predicted octanol–water partition coefficient (Wildman–Crippen LogP) is 3.89. The molecule has 1 N–H and O–H groups in total. The molecule has 1 aromatic heterocycles. The number of aliphatic carboxylic acids is 1. The van der Waals surface area contributed by atoms with E-state index in [1.54, 1.807) is 11.3 Å². The zero-order valence-corrected chi connectivity index (χ0v) is 15.6. The highest BCUT2D eigenvalue weighted by Crippen LogP contribution is 2.37. The molecule has 2 aliphatic rings. The number of rotatable bonds is 3. The van der Waals surface area contributed by atoms with Crippen LogP contribution in [-0.2, 0) is 23.1 Å². The molecule has 5 heteroatoms. The molecule has 4 rings (SSSR count). The van der Waals surface area contributed by atoms with Gasteiger partial charge in [0.2, 0.25) is 0 Å². The van der Waals surface area contributed by atoms with Crippen LogP contribution in [0.1, 0.15) is 52.0 Å². The molecule has 2 heterocycles. The summed E-state index contributed by atoms with van der Waals surface area (Å²) in [5.74, 6) is -0.708. The normalized spacial score (nSPS) is 19.0. The number of likely N-dealkylation sites (tertiary alicyclic amines) is 1. The summed E-state index contributed by atoms with van der Waals surface area (Å²) in [5, 5.41) is 11.9. The van der Waals surface area contributed by atoms with Crippen LogP contribution in [0.3, 0.4) is 0 Å². The zero-order valence-electron chi connectivity index (χ0n) is 14.7. The van der Waals surface area contributed by atoms with Gasteiger partial charge in [0.05, 0.1) is 11.0 Å². The van der Waals surface area contributed by atoms with Gasteiger partial charge in [0.15, 0.2) is 0 Å². The van der Waals surface area contributed by atoms with Crippen LogP contribution in [-0.4, -0.2) is 35.0 Å². The lowest BCUT2D eigenvalue weighted by atomic mass is 9.72. The van der Waals surface area contributed by atoms with E-state index in [2.05, 4.69) is 0 Å². The number of amides is 1. The minimum absolute atomic E-state index is 0.0800. The number of carboxylic acids is 1. The number of nitrogens with zero attached hydrogens (tertiary/aromatic N) is 1. The molecule has 1 aliphatic heterocycles. The van der Waals surface area contributed by atoms with E-state index in [9.17, 15) is 14.7 Å². The Labute approximate surface area is 157 Å². The molecule has 0 bridgehead atoms. The number of fused-ring (bicyclic) bond motifs is 1. The summed E-state index contributed by atoms with van der Waals surface area (Å²) in [5.41, 5.74) is 2.05. The molecule has 2 aromatic rings. The minimum Gasteiger partial charge on any atom is -0.481 e. The second-order valence-electron chi connectivity index (χ2n) is 7.30. The van der Waals surface area contributed by atoms with Gasteiger partial charge in [-0.2, -0.15) is 0 Å². The number of carbonyl (C=O) groups excluding carboxylic acids is 1. The summed E-state index contributed by atoms with van der Waals surface area (Å²) in [7, 11) is 0. The summed E-state index contributed by atoms with van der Waals surface area (Å²) in [4.78, 5) is 28.3. The van der Waals surface area contributed by atoms with Crippen molar-refractivity contribution in [2.75, 3.05) is 13.1 Å². The number of piperidine rings is 1. The Bertz CT molecular complexity index is 819. The second kappa shape index (κ2) is 6.88. The molecule has 136 valence electrons. The summed E-state index contributed by atoms with van der Waals surface area (Å²) in [6, 6.07) is 9.45. The largest absolute Gasteiger partial charge is 0.481 e. The van der Waals surface area contributed by atoms with Crippen molar-refractivity contribution in [3.05, 3.63) is 57.3 Å². The number of carboxylic acid groups (broad SMARTS) is 1. The first-order chi connectivity index (χ1) is 12.6. The van der Waals surface area contributed by atoms with E-state index < -0.39 is 11.4 Å². The third-order valence-electron chi connectivity index (χ3n) is 5.93. The van der Waals surface area contributed by atoms with Crippen molar-refractivity contribution in [2.24, 2.45) is 0 Å². The van der Waals surface area contributed by atoms with Crippen LogP contribution in [0.25, 0.3) is 0 Å². The van der Waals surface area contributed by atoms with Crippen LogP contribution in [0, 0.1) is 0 Å². The molecule has 1 fully saturated rings. The van der Waals surface area contributed by atoms with E-state index in [1.807, 2.05) is 40.6 Å². The van der Waals surface area contributed by atoms with Gasteiger partial charge in [0.25, 0.3) is 5.91 Å². The first-order valence-corrected chi connectivity index (χ1v) is 10.2. The number of aryl methyl sites for hydroxylation is 1. The first kappa shape index (κ1) is 17.3.